The average Bonchev–Trinajstić information content (AvgIpc) is 3.22. The van der Waals surface area contributed by atoms with Gasteiger partial charge in [0.2, 0.25) is 10.0 Å². The lowest BCUT2D eigenvalue weighted by atomic mass is 10.3. The van der Waals surface area contributed by atoms with E-state index in [1.807, 2.05) is 5.38 Å². The fourth-order valence-corrected chi connectivity index (χ4v) is 4.32. The van der Waals surface area contributed by atoms with E-state index >= 15 is 0 Å². The summed E-state index contributed by atoms with van der Waals surface area (Å²) in [6.07, 6.45) is 4.52. The maximum Gasteiger partial charge on any atom is 0.240 e. The maximum atomic E-state index is 14.2. The SMILES string of the molecule is O=S(=O)(NCCc1cscn1)c1ccc(OC2CCCC2)c(F)c1. The van der Waals surface area contributed by atoms with Gasteiger partial charge in [0.15, 0.2) is 11.6 Å². The molecule has 1 saturated carbocycles. The van der Waals surface area contributed by atoms with Crippen molar-refractivity contribution in [1.82, 2.24) is 9.71 Å². The molecule has 0 amide bonds. The molecule has 1 aliphatic rings. The van der Waals surface area contributed by atoms with E-state index in [4.69, 9.17) is 4.74 Å². The Balaban J connectivity index is 1.63. The van der Waals surface area contributed by atoms with Gasteiger partial charge in [0.1, 0.15) is 0 Å². The summed E-state index contributed by atoms with van der Waals surface area (Å²) in [7, 11) is -3.75. The molecule has 24 heavy (non-hydrogen) atoms. The largest absolute Gasteiger partial charge is 0.487 e. The normalized spacial score (nSPS) is 15.7. The van der Waals surface area contributed by atoms with Crippen LogP contribution in [0, 0.1) is 5.82 Å². The number of ether oxygens (including phenoxy) is 1. The maximum absolute atomic E-state index is 14.2. The van der Waals surface area contributed by atoms with Crippen LogP contribution in [0.2, 0.25) is 0 Å². The van der Waals surface area contributed by atoms with Crippen molar-refractivity contribution in [3.05, 3.63) is 40.6 Å². The molecule has 2 aromatic rings. The van der Waals surface area contributed by atoms with Crippen LogP contribution in [0.15, 0.2) is 34.0 Å². The van der Waals surface area contributed by atoms with Crippen molar-refractivity contribution < 1.29 is 17.5 Å². The number of hydrogen-bond acceptors (Lipinski definition) is 5. The van der Waals surface area contributed by atoms with Crippen molar-refractivity contribution in [1.29, 1.82) is 0 Å². The number of rotatable bonds is 7. The number of benzene rings is 1. The Bertz CT molecular complexity index is 773. The Morgan fingerprint density at radius 1 is 1.33 bits per heavy atom. The van der Waals surface area contributed by atoms with Gasteiger partial charge in [-0.15, -0.1) is 11.3 Å². The molecule has 0 aliphatic heterocycles. The standard InChI is InChI=1S/C16H19FN2O3S2/c17-15-9-14(5-6-16(15)22-13-3-1-2-4-13)24(20,21)19-8-7-12-10-23-11-18-12/h5-6,9-11,13,19H,1-4,7-8H2. The molecule has 0 unspecified atom stereocenters. The van der Waals surface area contributed by atoms with Gasteiger partial charge in [-0.3, -0.25) is 0 Å². The molecule has 0 spiro atoms. The van der Waals surface area contributed by atoms with E-state index in [9.17, 15) is 12.8 Å². The molecule has 0 bridgehead atoms. The van der Waals surface area contributed by atoms with Gasteiger partial charge in [-0.25, -0.2) is 22.5 Å². The molecule has 1 aromatic carbocycles. The summed E-state index contributed by atoms with van der Waals surface area (Å²) in [5, 5.41) is 1.86. The van der Waals surface area contributed by atoms with Crippen LogP contribution in [-0.2, 0) is 16.4 Å². The zero-order valence-electron chi connectivity index (χ0n) is 13.1. The first-order valence-corrected chi connectivity index (χ1v) is 10.3. The highest BCUT2D eigenvalue weighted by Crippen LogP contribution is 2.27. The van der Waals surface area contributed by atoms with Gasteiger partial charge in [-0.05, 0) is 43.9 Å². The molecule has 1 fully saturated rings. The van der Waals surface area contributed by atoms with Crippen LogP contribution in [0.25, 0.3) is 0 Å². The van der Waals surface area contributed by atoms with Crippen LogP contribution in [0.3, 0.4) is 0 Å². The monoisotopic (exact) mass is 370 g/mol. The molecule has 8 heteroatoms. The van der Waals surface area contributed by atoms with Gasteiger partial charge in [-0.2, -0.15) is 0 Å². The van der Waals surface area contributed by atoms with E-state index in [2.05, 4.69) is 9.71 Å². The van der Waals surface area contributed by atoms with E-state index in [0.717, 1.165) is 37.4 Å². The first-order valence-electron chi connectivity index (χ1n) is 7.87. The first kappa shape index (κ1) is 17.3. The lowest BCUT2D eigenvalue weighted by Crippen LogP contribution is -2.26. The van der Waals surface area contributed by atoms with E-state index in [1.165, 1.54) is 23.5 Å². The Kier molecular flexibility index (Phi) is 5.47. The molecule has 1 N–H and O–H groups in total. The quantitative estimate of drug-likeness (QED) is 0.813. The summed E-state index contributed by atoms with van der Waals surface area (Å²) >= 11 is 1.46. The van der Waals surface area contributed by atoms with Crippen LogP contribution in [0.5, 0.6) is 5.75 Å². The number of hydrogen-bond donors (Lipinski definition) is 1. The van der Waals surface area contributed by atoms with Gasteiger partial charge < -0.3 is 4.74 Å². The summed E-state index contributed by atoms with van der Waals surface area (Å²) < 4.78 is 46.7. The fourth-order valence-electron chi connectivity index (χ4n) is 2.69. The van der Waals surface area contributed by atoms with Crippen molar-refractivity contribution in [2.24, 2.45) is 0 Å². The fraction of sp³-hybridized carbons (Fsp3) is 0.438. The number of halogens is 1. The van der Waals surface area contributed by atoms with Crippen molar-refractivity contribution in [3.63, 3.8) is 0 Å². The molecular weight excluding hydrogens is 351 g/mol. The molecule has 0 saturated heterocycles. The molecule has 5 nitrogen and oxygen atoms in total. The predicted molar refractivity (Wildman–Crippen MR) is 90.3 cm³/mol. The highest BCUT2D eigenvalue weighted by atomic mass is 32.2. The predicted octanol–water partition coefficient (Wildman–Crippen LogP) is 3.12. The zero-order chi connectivity index (χ0) is 17.0. The number of nitrogens with zero attached hydrogens (tertiary/aromatic N) is 1. The third-order valence-electron chi connectivity index (χ3n) is 3.97. The number of aromatic nitrogens is 1. The third kappa shape index (κ3) is 4.31. The molecule has 130 valence electrons. The highest BCUT2D eigenvalue weighted by molar-refractivity contribution is 7.89. The van der Waals surface area contributed by atoms with Gasteiger partial charge in [0.25, 0.3) is 0 Å². The molecule has 3 rings (SSSR count). The molecule has 0 atom stereocenters. The van der Waals surface area contributed by atoms with Crippen LogP contribution < -0.4 is 9.46 Å². The van der Waals surface area contributed by atoms with Crippen molar-refractivity contribution in [3.8, 4) is 5.75 Å². The van der Waals surface area contributed by atoms with Crippen molar-refractivity contribution >= 4 is 21.4 Å². The van der Waals surface area contributed by atoms with Crippen molar-refractivity contribution in [2.75, 3.05) is 6.54 Å². The highest BCUT2D eigenvalue weighted by Gasteiger charge is 2.20. The number of nitrogens with one attached hydrogen (secondary N) is 1. The minimum atomic E-state index is -3.75. The van der Waals surface area contributed by atoms with Gasteiger partial charge in [0, 0.05) is 18.3 Å². The molecular formula is C16H19FN2O3S2. The number of sulfonamides is 1. The van der Waals surface area contributed by atoms with E-state index in [0.29, 0.717) is 6.42 Å². The van der Waals surface area contributed by atoms with Crippen LogP contribution in [-0.4, -0.2) is 26.1 Å². The second-order valence-corrected chi connectivity index (χ2v) is 8.23. The third-order valence-corrected chi connectivity index (χ3v) is 6.06. The zero-order valence-corrected chi connectivity index (χ0v) is 14.7. The Morgan fingerprint density at radius 3 is 2.79 bits per heavy atom. The average molecular weight is 370 g/mol. The Morgan fingerprint density at radius 2 is 2.12 bits per heavy atom. The van der Waals surface area contributed by atoms with Gasteiger partial charge in [0.05, 0.1) is 22.2 Å². The summed E-state index contributed by atoms with van der Waals surface area (Å²) in [5.41, 5.74) is 2.52. The summed E-state index contributed by atoms with van der Waals surface area (Å²) in [4.78, 5) is 3.99. The Hall–Kier alpha value is -1.51. The Labute approximate surface area is 144 Å². The molecule has 0 radical (unpaired) electrons. The van der Waals surface area contributed by atoms with E-state index in [1.54, 1.807) is 5.51 Å². The van der Waals surface area contributed by atoms with Crippen LogP contribution in [0.1, 0.15) is 31.4 Å². The topological polar surface area (TPSA) is 68.3 Å². The smallest absolute Gasteiger partial charge is 0.240 e. The minimum Gasteiger partial charge on any atom is -0.487 e. The van der Waals surface area contributed by atoms with Gasteiger partial charge in [-0.1, -0.05) is 0 Å². The molecule has 1 aromatic heterocycles. The minimum absolute atomic E-state index is 0.0261. The lowest BCUT2D eigenvalue weighted by molar-refractivity contribution is 0.200. The van der Waals surface area contributed by atoms with E-state index < -0.39 is 15.8 Å². The van der Waals surface area contributed by atoms with E-state index in [-0.39, 0.29) is 23.3 Å². The van der Waals surface area contributed by atoms with Gasteiger partial charge >= 0.3 is 0 Å². The second kappa shape index (κ2) is 7.58. The molecule has 1 heterocycles. The summed E-state index contributed by atoms with van der Waals surface area (Å²) in [6.45, 7) is 0.216. The number of thiazole rings is 1. The summed E-state index contributed by atoms with van der Waals surface area (Å²) in [5.74, 6) is -0.535. The van der Waals surface area contributed by atoms with Crippen LogP contribution >= 0.6 is 11.3 Å². The molecule has 1 aliphatic carbocycles. The van der Waals surface area contributed by atoms with Crippen LogP contribution in [0.4, 0.5) is 4.39 Å². The first-order chi connectivity index (χ1) is 11.5. The lowest BCUT2D eigenvalue weighted by Gasteiger charge is -2.14. The van der Waals surface area contributed by atoms with Crippen molar-refractivity contribution in [2.45, 2.75) is 43.1 Å². The summed E-state index contributed by atoms with van der Waals surface area (Å²) in [6, 6.07) is 3.77. The second-order valence-electron chi connectivity index (χ2n) is 5.74.